The number of rotatable bonds is 21. The Hall–Kier alpha value is -5.86. The van der Waals surface area contributed by atoms with Crippen LogP contribution in [-0.2, 0) is 32.0 Å². The summed E-state index contributed by atoms with van der Waals surface area (Å²) in [7, 11) is 1.59. The van der Waals surface area contributed by atoms with E-state index in [4.69, 9.17) is 50.1 Å². The largest absolute Gasteiger partial charge is 0.490 e. The van der Waals surface area contributed by atoms with Crippen LogP contribution in [0, 0.1) is 5.82 Å². The van der Waals surface area contributed by atoms with Crippen LogP contribution in [0.5, 0.6) is 17.2 Å². The molecule has 0 bridgehead atoms. The number of aromatic nitrogens is 1. The Morgan fingerprint density at radius 2 is 1.69 bits per heavy atom. The molecule has 0 aliphatic carbocycles. The first-order chi connectivity index (χ1) is 28.8. The third kappa shape index (κ3) is 11.4. The molecule has 11 nitrogen and oxygen atoms in total. The molecule has 6 aromatic rings. The van der Waals surface area contributed by atoms with Gasteiger partial charge < -0.3 is 28.4 Å². The Bertz CT molecular complexity index is 2390. The van der Waals surface area contributed by atoms with Gasteiger partial charge in [-0.15, -0.1) is 0 Å². The fourth-order valence-electron chi connectivity index (χ4n) is 5.80. The van der Waals surface area contributed by atoms with Gasteiger partial charge >= 0.3 is 11.9 Å². The average molecular weight is 840 g/mol. The molecule has 0 aliphatic heterocycles. The third-order valence-corrected chi connectivity index (χ3v) is 10.3. The van der Waals surface area contributed by atoms with E-state index in [1.807, 2.05) is 36.4 Å². The Balaban J connectivity index is 1.26. The number of aryl methyl sites for hydroxylation is 1. The average Bonchev–Trinajstić information content (AvgIpc) is 3.69. The van der Waals surface area contributed by atoms with Gasteiger partial charge in [-0.3, -0.25) is 0 Å². The number of esters is 2. The van der Waals surface area contributed by atoms with Gasteiger partial charge in [0.1, 0.15) is 24.8 Å². The van der Waals surface area contributed by atoms with E-state index in [2.05, 4.69) is 25.6 Å². The smallest absolute Gasteiger partial charge is 0.343 e. The summed E-state index contributed by atoms with van der Waals surface area (Å²) in [5, 5.41) is 7.75. The van der Waals surface area contributed by atoms with Gasteiger partial charge in [-0.05, 0) is 65.4 Å². The van der Waals surface area contributed by atoms with Gasteiger partial charge in [-0.25, -0.2) is 24.0 Å². The zero-order valence-corrected chi connectivity index (χ0v) is 34.2. The van der Waals surface area contributed by atoms with E-state index in [9.17, 15) is 9.59 Å². The highest BCUT2D eigenvalue weighted by atomic mass is 35.5. The fourth-order valence-corrected chi connectivity index (χ4v) is 6.97. The molecular formula is C45H43ClFN3O8S. The highest BCUT2D eigenvalue weighted by Crippen LogP contribution is 2.36. The lowest BCUT2D eigenvalue weighted by atomic mass is 10.1. The number of para-hydroxylation sites is 1. The molecule has 14 heteroatoms. The normalized spacial score (nSPS) is 11.3. The van der Waals surface area contributed by atoms with Gasteiger partial charge in [0.15, 0.2) is 11.6 Å². The molecule has 0 aliphatic rings. The van der Waals surface area contributed by atoms with Crippen LogP contribution in [0.3, 0.4) is 0 Å². The molecule has 0 radical (unpaired) electrons. The first-order valence-corrected chi connectivity index (χ1v) is 20.1. The number of thiazole rings is 1. The zero-order valence-electron chi connectivity index (χ0n) is 32.7. The van der Waals surface area contributed by atoms with Gasteiger partial charge in [0.05, 0.1) is 59.0 Å². The van der Waals surface area contributed by atoms with Crippen LogP contribution in [0.25, 0.3) is 21.0 Å². The van der Waals surface area contributed by atoms with Crippen LogP contribution < -0.4 is 19.2 Å². The van der Waals surface area contributed by atoms with E-state index in [1.165, 1.54) is 47.4 Å². The zero-order chi connectivity index (χ0) is 41.6. The summed E-state index contributed by atoms with van der Waals surface area (Å²) in [5.41, 5.74) is 3.45. The molecule has 0 saturated carbocycles. The first-order valence-electron chi connectivity index (χ1n) is 18.9. The van der Waals surface area contributed by atoms with Crippen molar-refractivity contribution in [3.63, 3.8) is 0 Å². The lowest BCUT2D eigenvalue weighted by molar-refractivity contribution is -0.137. The highest BCUT2D eigenvalue weighted by Gasteiger charge is 2.20. The number of anilines is 1. The molecule has 1 heterocycles. The molecule has 0 atom stereocenters. The van der Waals surface area contributed by atoms with Crippen molar-refractivity contribution in [3.05, 3.63) is 137 Å². The summed E-state index contributed by atoms with van der Waals surface area (Å²) in [4.78, 5) is 29.7. The number of nitrogens with zero attached hydrogens (tertiary/aromatic N) is 3. The molecule has 0 N–H and O–H groups in total. The lowest BCUT2D eigenvalue weighted by Gasteiger charge is -2.17. The van der Waals surface area contributed by atoms with Gasteiger partial charge in [0, 0.05) is 25.0 Å². The molecule has 59 heavy (non-hydrogen) atoms. The fraction of sp³-hybridized carbons (Fsp3) is 0.244. The van der Waals surface area contributed by atoms with Gasteiger partial charge in [-0.2, -0.15) is 5.10 Å². The van der Waals surface area contributed by atoms with Crippen molar-refractivity contribution in [2.75, 3.05) is 45.3 Å². The molecule has 1 aromatic heterocycles. The molecule has 0 unspecified atom stereocenters. The van der Waals surface area contributed by atoms with Crippen LogP contribution in [-0.4, -0.2) is 63.4 Å². The summed E-state index contributed by atoms with van der Waals surface area (Å²) < 4.78 is 50.1. The predicted molar refractivity (Wildman–Crippen MR) is 229 cm³/mol. The van der Waals surface area contributed by atoms with E-state index >= 15 is 4.39 Å². The molecule has 5 aromatic carbocycles. The predicted octanol–water partition coefficient (Wildman–Crippen LogP) is 9.95. The van der Waals surface area contributed by atoms with Crippen LogP contribution >= 0.6 is 22.9 Å². The number of carbonyl (C=O) groups is 2. The van der Waals surface area contributed by atoms with E-state index in [1.54, 1.807) is 30.3 Å². The van der Waals surface area contributed by atoms with Crippen LogP contribution in [0.1, 0.15) is 46.8 Å². The van der Waals surface area contributed by atoms with E-state index in [-0.39, 0.29) is 59.6 Å². The molecule has 6 rings (SSSR count). The Kier molecular flexibility index (Phi) is 15.4. The second-order valence-corrected chi connectivity index (χ2v) is 14.4. The van der Waals surface area contributed by atoms with Crippen LogP contribution in [0.4, 0.5) is 9.52 Å². The maximum atomic E-state index is 15.4. The van der Waals surface area contributed by atoms with Gasteiger partial charge in [0.2, 0.25) is 5.13 Å². The quantitative estimate of drug-likeness (QED) is 0.0132. The summed E-state index contributed by atoms with van der Waals surface area (Å²) in [6.07, 6.45) is 4.95. The summed E-state index contributed by atoms with van der Waals surface area (Å²) in [5.74, 6) is -1.35. The van der Waals surface area contributed by atoms with Crippen molar-refractivity contribution < 1.29 is 42.4 Å². The highest BCUT2D eigenvalue weighted by molar-refractivity contribution is 7.22. The van der Waals surface area contributed by atoms with E-state index < -0.39 is 17.8 Å². The SMILES string of the molecule is C=CC(=O)OCCCOc1ccc2cc(C(=O)Oc3ccc(OCc4ccc(CCC)cc4)c(Cl)c3/C=N/N(COCCOC)c3nc4ccccc4s3)ccc2c1F. The minimum atomic E-state index is -0.709. The number of halogens is 2. The summed E-state index contributed by atoms with van der Waals surface area (Å²) in [6.45, 7) is 6.72. The van der Waals surface area contributed by atoms with Crippen LogP contribution in [0.2, 0.25) is 5.02 Å². The Morgan fingerprint density at radius 1 is 0.915 bits per heavy atom. The second-order valence-electron chi connectivity index (χ2n) is 13.1. The Morgan fingerprint density at radius 3 is 2.47 bits per heavy atom. The standard InChI is InChI=1S/C45H43ClFN3O8S/c1-4-9-30-12-14-31(15-13-30)28-57-38-21-20-37(35(42(38)46)27-48-50(29-54-25-24-53-3)45-49-36-10-6-7-11-40(36)59-45)58-44(52)33-16-18-34-32(26-33)17-19-39(43(34)47)55-22-8-23-56-41(51)5-2/h5-7,10-21,26-27H,2,4,8-9,22-25,28-29H2,1,3H3/b48-27+. The van der Waals surface area contributed by atoms with Crippen LogP contribution in [0.15, 0.2) is 109 Å². The minimum absolute atomic E-state index is 0.0289. The number of benzene rings is 5. The van der Waals surface area contributed by atoms with Crippen molar-refractivity contribution in [1.29, 1.82) is 0 Å². The number of hydrogen-bond acceptors (Lipinski definition) is 12. The van der Waals surface area contributed by atoms with E-state index in [0.717, 1.165) is 34.7 Å². The van der Waals surface area contributed by atoms with Crippen molar-refractivity contribution in [2.45, 2.75) is 32.8 Å². The number of carbonyl (C=O) groups excluding carboxylic acids is 2. The topological polar surface area (TPSA) is 118 Å². The Labute approximate surface area is 350 Å². The van der Waals surface area contributed by atoms with Gasteiger partial charge in [-0.1, -0.05) is 91.4 Å². The number of methoxy groups -OCH3 is 1. The van der Waals surface area contributed by atoms with Gasteiger partial charge in [0.25, 0.3) is 0 Å². The molecule has 0 saturated heterocycles. The maximum Gasteiger partial charge on any atom is 0.343 e. The van der Waals surface area contributed by atoms with Crippen molar-refractivity contribution in [2.24, 2.45) is 5.10 Å². The van der Waals surface area contributed by atoms with Crippen molar-refractivity contribution >= 4 is 67.2 Å². The third-order valence-electron chi connectivity index (χ3n) is 8.85. The molecule has 0 fully saturated rings. The van der Waals surface area contributed by atoms with Crippen molar-refractivity contribution in [3.8, 4) is 17.2 Å². The number of fused-ring (bicyclic) bond motifs is 2. The summed E-state index contributed by atoms with van der Waals surface area (Å²) in [6, 6.07) is 26.8. The molecule has 306 valence electrons. The number of hydrogen-bond donors (Lipinski definition) is 0. The number of ether oxygens (including phenoxy) is 6. The first kappa shape index (κ1) is 42.7. The molecule has 0 spiro atoms. The maximum absolute atomic E-state index is 15.4. The monoisotopic (exact) mass is 839 g/mol. The lowest BCUT2D eigenvalue weighted by Crippen LogP contribution is -2.22. The van der Waals surface area contributed by atoms with E-state index in [0.29, 0.717) is 35.9 Å². The van der Waals surface area contributed by atoms with Crippen molar-refractivity contribution in [1.82, 2.24) is 4.98 Å². The number of hydrazone groups is 1. The molecular weight excluding hydrogens is 797 g/mol. The minimum Gasteiger partial charge on any atom is -0.490 e. The summed E-state index contributed by atoms with van der Waals surface area (Å²) >= 11 is 8.47. The second kappa shape index (κ2) is 21.2. The molecule has 0 amide bonds.